The van der Waals surface area contributed by atoms with Crippen LogP contribution in [0.25, 0.3) is 0 Å². The summed E-state index contributed by atoms with van der Waals surface area (Å²) in [5.41, 5.74) is 0.304. The summed E-state index contributed by atoms with van der Waals surface area (Å²) in [6.07, 6.45) is -1.22. The molecule has 0 aliphatic heterocycles. The number of hydrogen-bond acceptors (Lipinski definition) is 1. The Labute approximate surface area is 82.5 Å². The maximum atomic E-state index is 12.6. The lowest BCUT2D eigenvalue weighted by Gasteiger charge is -2.08. The molecule has 0 unspecified atom stereocenters. The Morgan fingerprint density at radius 1 is 1.50 bits per heavy atom. The first-order valence-electron chi connectivity index (χ1n) is 3.34. The summed E-state index contributed by atoms with van der Waals surface area (Å²) in [7, 11) is 0. The van der Waals surface area contributed by atoms with Crippen molar-refractivity contribution in [2.24, 2.45) is 0 Å². The summed E-state index contributed by atoms with van der Waals surface area (Å²) in [4.78, 5) is 0. The third-order valence-electron chi connectivity index (χ3n) is 1.46. The zero-order valence-corrected chi connectivity index (χ0v) is 8.26. The monoisotopic (exact) mass is 284 g/mol. The molecule has 1 nitrogen and oxygen atoms in total. The van der Waals surface area contributed by atoms with Crippen molar-refractivity contribution in [1.82, 2.24) is 0 Å². The summed E-state index contributed by atoms with van der Waals surface area (Å²) in [6, 6.07) is 3.92. The van der Waals surface area contributed by atoms with Gasteiger partial charge in [0.05, 0.1) is 0 Å². The summed E-state index contributed by atoms with van der Waals surface area (Å²) in [6.45, 7) is -0.889. The van der Waals surface area contributed by atoms with Gasteiger partial charge in [0, 0.05) is 3.57 Å². The second kappa shape index (κ2) is 4.13. The number of alkyl halides is 1. The molecule has 0 bridgehead atoms. The molecule has 4 heteroatoms. The van der Waals surface area contributed by atoms with Gasteiger partial charge in [-0.1, -0.05) is 0 Å². The Kier molecular flexibility index (Phi) is 3.39. The van der Waals surface area contributed by atoms with Crippen molar-refractivity contribution >= 4 is 22.6 Å². The lowest BCUT2D eigenvalue weighted by Crippen LogP contribution is -2.02. The Balaban J connectivity index is 3.04. The van der Waals surface area contributed by atoms with Crippen molar-refractivity contribution in [2.75, 3.05) is 6.67 Å². The Hall–Kier alpha value is -0.230. The first-order chi connectivity index (χ1) is 5.65. The fourth-order valence-corrected chi connectivity index (χ4v) is 1.55. The van der Waals surface area contributed by atoms with Gasteiger partial charge in [0.1, 0.15) is 18.6 Å². The average Bonchev–Trinajstić information content (AvgIpc) is 2.08. The summed E-state index contributed by atoms with van der Waals surface area (Å²) in [5.74, 6) is -0.460. The van der Waals surface area contributed by atoms with Crippen molar-refractivity contribution in [2.45, 2.75) is 6.10 Å². The van der Waals surface area contributed by atoms with Crippen LogP contribution in [0.1, 0.15) is 11.7 Å². The average molecular weight is 284 g/mol. The zero-order valence-electron chi connectivity index (χ0n) is 6.10. The Morgan fingerprint density at radius 2 is 2.17 bits per heavy atom. The second-order valence-electron chi connectivity index (χ2n) is 2.34. The van der Waals surface area contributed by atoms with E-state index in [9.17, 15) is 8.78 Å². The minimum Gasteiger partial charge on any atom is -0.386 e. The van der Waals surface area contributed by atoms with Gasteiger partial charge < -0.3 is 5.11 Å². The minimum absolute atomic E-state index is 0.304. The molecule has 0 saturated carbocycles. The fraction of sp³-hybridized carbons (Fsp3) is 0.250. The predicted molar refractivity (Wildman–Crippen MR) is 50.1 cm³/mol. The molecular formula is C8H7F2IO. The van der Waals surface area contributed by atoms with Crippen LogP contribution >= 0.6 is 22.6 Å². The topological polar surface area (TPSA) is 20.2 Å². The van der Waals surface area contributed by atoms with Gasteiger partial charge in [-0.3, -0.25) is 0 Å². The van der Waals surface area contributed by atoms with Gasteiger partial charge in [0.15, 0.2) is 0 Å². The molecule has 1 rings (SSSR count). The molecule has 0 heterocycles. The van der Waals surface area contributed by atoms with Gasteiger partial charge in [0.25, 0.3) is 0 Å². The molecule has 0 amide bonds. The normalized spacial score (nSPS) is 13.0. The molecule has 0 aliphatic carbocycles. The van der Waals surface area contributed by atoms with Gasteiger partial charge in [-0.2, -0.15) is 0 Å². The highest BCUT2D eigenvalue weighted by Crippen LogP contribution is 2.21. The number of benzene rings is 1. The highest BCUT2D eigenvalue weighted by atomic mass is 127. The van der Waals surface area contributed by atoms with E-state index in [1.165, 1.54) is 12.1 Å². The molecule has 0 radical (unpaired) electrons. The molecule has 0 aromatic heterocycles. The van der Waals surface area contributed by atoms with E-state index in [0.29, 0.717) is 9.13 Å². The summed E-state index contributed by atoms with van der Waals surface area (Å²) >= 11 is 1.92. The Bertz CT molecular complexity index is 278. The van der Waals surface area contributed by atoms with Crippen LogP contribution in [0.4, 0.5) is 8.78 Å². The van der Waals surface area contributed by atoms with Crippen molar-refractivity contribution in [3.05, 3.63) is 33.1 Å². The van der Waals surface area contributed by atoms with Crippen LogP contribution in [0.15, 0.2) is 18.2 Å². The molecule has 0 fully saturated rings. The largest absolute Gasteiger partial charge is 0.386 e. The molecule has 1 aromatic rings. The van der Waals surface area contributed by atoms with E-state index in [1.807, 2.05) is 22.6 Å². The van der Waals surface area contributed by atoms with E-state index in [0.717, 1.165) is 6.07 Å². The smallest absolute Gasteiger partial charge is 0.123 e. The minimum atomic E-state index is -1.22. The van der Waals surface area contributed by atoms with Crippen LogP contribution in [0.2, 0.25) is 0 Å². The van der Waals surface area contributed by atoms with E-state index in [1.54, 1.807) is 0 Å². The Morgan fingerprint density at radius 3 is 2.75 bits per heavy atom. The fourth-order valence-electron chi connectivity index (χ4n) is 0.853. The molecule has 1 N–H and O–H groups in total. The number of aliphatic hydroxyl groups is 1. The number of hydrogen-bond donors (Lipinski definition) is 1. The van der Waals surface area contributed by atoms with Gasteiger partial charge in [-0.15, -0.1) is 0 Å². The first-order valence-corrected chi connectivity index (χ1v) is 4.42. The molecule has 1 atom stereocenters. The standard InChI is InChI=1S/C8H7F2IO/c9-4-8(12)6-3-5(10)1-2-7(6)11/h1-3,8,12H,4H2/t8-/m0/s1. The zero-order chi connectivity index (χ0) is 9.14. The van der Waals surface area contributed by atoms with E-state index >= 15 is 0 Å². The molecule has 1 aromatic carbocycles. The van der Waals surface area contributed by atoms with E-state index in [2.05, 4.69) is 0 Å². The first kappa shape index (κ1) is 9.85. The lowest BCUT2D eigenvalue weighted by molar-refractivity contribution is 0.140. The number of halogens is 3. The number of aliphatic hydroxyl groups excluding tert-OH is 1. The van der Waals surface area contributed by atoms with Gasteiger partial charge in [0.2, 0.25) is 0 Å². The van der Waals surface area contributed by atoms with E-state index in [-0.39, 0.29) is 0 Å². The molecule has 12 heavy (non-hydrogen) atoms. The predicted octanol–water partition coefficient (Wildman–Crippen LogP) is 2.43. The van der Waals surface area contributed by atoms with Crippen molar-refractivity contribution in [3.63, 3.8) is 0 Å². The highest BCUT2D eigenvalue weighted by molar-refractivity contribution is 14.1. The lowest BCUT2D eigenvalue weighted by atomic mass is 10.1. The second-order valence-corrected chi connectivity index (χ2v) is 3.50. The van der Waals surface area contributed by atoms with Crippen molar-refractivity contribution in [3.8, 4) is 0 Å². The maximum Gasteiger partial charge on any atom is 0.123 e. The maximum absolute atomic E-state index is 12.6. The van der Waals surface area contributed by atoms with Crippen LogP contribution in [0, 0.1) is 9.39 Å². The molecule has 0 spiro atoms. The summed E-state index contributed by atoms with van der Waals surface area (Å²) < 4.78 is 25.3. The van der Waals surface area contributed by atoms with Crippen LogP contribution in [0.5, 0.6) is 0 Å². The number of rotatable bonds is 2. The third-order valence-corrected chi connectivity index (χ3v) is 2.45. The highest BCUT2D eigenvalue weighted by Gasteiger charge is 2.11. The van der Waals surface area contributed by atoms with Crippen LogP contribution in [-0.2, 0) is 0 Å². The molecule has 0 saturated heterocycles. The van der Waals surface area contributed by atoms with Crippen molar-refractivity contribution in [1.29, 1.82) is 0 Å². The van der Waals surface area contributed by atoms with Crippen LogP contribution in [0.3, 0.4) is 0 Å². The molecular weight excluding hydrogens is 277 g/mol. The van der Waals surface area contributed by atoms with Crippen LogP contribution < -0.4 is 0 Å². The van der Waals surface area contributed by atoms with Crippen molar-refractivity contribution < 1.29 is 13.9 Å². The van der Waals surface area contributed by atoms with Gasteiger partial charge >= 0.3 is 0 Å². The van der Waals surface area contributed by atoms with Gasteiger partial charge in [-0.05, 0) is 46.4 Å². The molecule has 0 aliphatic rings. The SMILES string of the molecule is O[C@@H](CF)c1cc(F)ccc1I. The summed E-state index contributed by atoms with van der Waals surface area (Å²) in [5, 5.41) is 9.09. The van der Waals surface area contributed by atoms with Gasteiger partial charge in [-0.25, -0.2) is 8.78 Å². The van der Waals surface area contributed by atoms with Crippen LogP contribution in [-0.4, -0.2) is 11.8 Å². The van der Waals surface area contributed by atoms with E-state index in [4.69, 9.17) is 5.11 Å². The quantitative estimate of drug-likeness (QED) is 0.827. The third kappa shape index (κ3) is 2.13. The van der Waals surface area contributed by atoms with E-state index < -0.39 is 18.6 Å². The molecule has 66 valence electrons.